The Hall–Kier alpha value is -2.72. The molecule has 23 heavy (non-hydrogen) atoms. The van der Waals surface area contributed by atoms with Gasteiger partial charge in [0.15, 0.2) is 0 Å². The van der Waals surface area contributed by atoms with E-state index in [2.05, 4.69) is 22.6 Å². The molecule has 4 N–H and O–H groups in total. The summed E-state index contributed by atoms with van der Waals surface area (Å²) in [4.78, 5) is 23.2. The fourth-order valence-corrected chi connectivity index (χ4v) is 1.59. The fraction of sp³-hybridized carbons (Fsp3) is 0.375. The molecule has 1 aromatic carbocycles. The zero-order chi connectivity index (χ0) is 17.5. The monoisotopic (exact) mass is 319 g/mol. The number of methoxy groups -OCH3 is 1. The van der Waals surface area contributed by atoms with Crippen molar-refractivity contribution in [1.29, 1.82) is 0 Å². The van der Waals surface area contributed by atoms with Crippen molar-refractivity contribution in [2.24, 2.45) is 5.84 Å². The van der Waals surface area contributed by atoms with E-state index in [4.69, 9.17) is 15.3 Å². The van der Waals surface area contributed by atoms with Crippen LogP contribution in [0.25, 0.3) is 0 Å². The van der Waals surface area contributed by atoms with Crippen molar-refractivity contribution in [3.05, 3.63) is 29.3 Å². The summed E-state index contributed by atoms with van der Waals surface area (Å²) in [5.41, 5.74) is 2.25. The molecular weight excluding hydrogens is 298 g/mol. The maximum atomic E-state index is 11.8. The van der Waals surface area contributed by atoms with Crippen molar-refractivity contribution in [1.82, 2.24) is 10.7 Å². The second kappa shape index (κ2) is 8.06. The molecule has 0 saturated carbocycles. The molecular formula is C16H21N3O4. The van der Waals surface area contributed by atoms with Crippen LogP contribution in [0, 0.1) is 11.8 Å². The van der Waals surface area contributed by atoms with Crippen LogP contribution in [0.4, 0.5) is 4.79 Å². The van der Waals surface area contributed by atoms with Crippen molar-refractivity contribution in [2.45, 2.75) is 26.4 Å². The summed E-state index contributed by atoms with van der Waals surface area (Å²) in [5.74, 6) is 10.7. The SMILES string of the molecule is COc1ccc(C#CCNC(=O)OC(C)(C)C)c(C(=O)NN)c1. The number of carbonyl (C=O) groups is 2. The molecule has 0 bridgehead atoms. The molecule has 0 aliphatic heterocycles. The summed E-state index contributed by atoms with van der Waals surface area (Å²) in [6, 6.07) is 4.86. The minimum absolute atomic E-state index is 0.0879. The number of nitrogens with two attached hydrogens (primary N) is 1. The van der Waals surface area contributed by atoms with Crippen LogP contribution in [0.15, 0.2) is 18.2 Å². The summed E-state index contributed by atoms with van der Waals surface area (Å²) in [7, 11) is 1.50. The largest absolute Gasteiger partial charge is 0.497 e. The van der Waals surface area contributed by atoms with Gasteiger partial charge in [0.1, 0.15) is 11.4 Å². The molecule has 0 atom stereocenters. The number of hydrazine groups is 1. The Morgan fingerprint density at radius 3 is 2.57 bits per heavy atom. The molecule has 0 heterocycles. The van der Waals surface area contributed by atoms with Gasteiger partial charge in [0, 0.05) is 5.56 Å². The van der Waals surface area contributed by atoms with Crippen LogP contribution in [0.2, 0.25) is 0 Å². The molecule has 124 valence electrons. The number of carbonyl (C=O) groups excluding carboxylic acids is 2. The summed E-state index contributed by atoms with van der Waals surface area (Å²) in [6.07, 6.45) is -0.554. The third-order valence-corrected chi connectivity index (χ3v) is 2.55. The lowest BCUT2D eigenvalue weighted by molar-refractivity contribution is 0.0535. The highest BCUT2D eigenvalue weighted by Crippen LogP contribution is 2.17. The smallest absolute Gasteiger partial charge is 0.408 e. The minimum atomic E-state index is -0.570. The van der Waals surface area contributed by atoms with Gasteiger partial charge in [-0.05, 0) is 39.0 Å². The van der Waals surface area contributed by atoms with E-state index >= 15 is 0 Å². The molecule has 7 heteroatoms. The van der Waals surface area contributed by atoms with E-state index in [1.54, 1.807) is 32.9 Å². The topological polar surface area (TPSA) is 103 Å². The lowest BCUT2D eigenvalue weighted by atomic mass is 10.1. The van der Waals surface area contributed by atoms with Crippen LogP contribution in [0.5, 0.6) is 5.75 Å². The maximum Gasteiger partial charge on any atom is 0.408 e. The highest BCUT2D eigenvalue weighted by Gasteiger charge is 2.15. The van der Waals surface area contributed by atoms with E-state index in [1.165, 1.54) is 13.2 Å². The average molecular weight is 319 g/mol. The van der Waals surface area contributed by atoms with Crippen LogP contribution in [0.1, 0.15) is 36.7 Å². The van der Waals surface area contributed by atoms with E-state index in [-0.39, 0.29) is 12.1 Å². The van der Waals surface area contributed by atoms with E-state index in [0.29, 0.717) is 11.3 Å². The van der Waals surface area contributed by atoms with E-state index in [0.717, 1.165) is 0 Å². The van der Waals surface area contributed by atoms with Crippen molar-refractivity contribution in [3.63, 3.8) is 0 Å². The quantitative estimate of drug-likeness (QED) is 0.336. The summed E-state index contributed by atoms with van der Waals surface area (Å²) in [5, 5.41) is 2.51. The predicted molar refractivity (Wildman–Crippen MR) is 85.8 cm³/mol. The Morgan fingerprint density at radius 1 is 1.30 bits per heavy atom. The van der Waals surface area contributed by atoms with Gasteiger partial charge >= 0.3 is 6.09 Å². The first-order chi connectivity index (χ1) is 10.8. The first-order valence-electron chi connectivity index (χ1n) is 6.91. The third-order valence-electron chi connectivity index (χ3n) is 2.55. The standard InChI is InChI=1S/C16H21N3O4/c1-16(2,3)23-15(21)18-9-5-6-11-7-8-12(22-4)10-13(11)14(20)19-17/h7-8,10H,9,17H2,1-4H3,(H,18,21)(H,19,20). The summed E-state index contributed by atoms with van der Waals surface area (Å²) >= 11 is 0. The molecule has 0 aromatic heterocycles. The molecule has 0 radical (unpaired) electrons. The van der Waals surface area contributed by atoms with Gasteiger partial charge in [0.2, 0.25) is 0 Å². The molecule has 1 aromatic rings. The van der Waals surface area contributed by atoms with Crippen LogP contribution in [-0.2, 0) is 4.74 Å². The normalized spacial score (nSPS) is 10.1. The lowest BCUT2D eigenvalue weighted by Crippen LogP contribution is -2.32. The first kappa shape index (κ1) is 18.3. The highest BCUT2D eigenvalue weighted by molar-refractivity contribution is 5.96. The van der Waals surface area contributed by atoms with Gasteiger partial charge in [-0.1, -0.05) is 11.8 Å². The Morgan fingerprint density at radius 2 is 2.00 bits per heavy atom. The Labute approximate surface area is 135 Å². The molecule has 2 amide bonds. The van der Waals surface area contributed by atoms with Gasteiger partial charge < -0.3 is 14.8 Å². The van der Waals surface area contributed by atoms with Crippen molar-refractivity contribution < 1.29 is 19.1 Å². The van der Waals surface area contributed by atoms with Gasteiger partial charge in [-0.15, -0.1) is 0 Å². The number of alkyl carbamates (subject to hydrolysis) is 1. The summed E-state index contributed by atoms with van der Waals surface area (Å²) < 4.78 is 10.2. The first-order valence-corrected chi connectivity index (χ1v) is 6.91. The molecule has 0 saturated heterocycles. The average Bonchev–Trinajstić information content (AvgIpc) is 2.49. The van der Waals surface area contributed by atoms with E-state index in [1.807, 2.05) is 0 Å². The molecule has 0 aliphatic carbocycles. The zero-order valence-corrected chi connectivity index (χ0v) is 13.6. The third kappa shape index (κ3) is 6.28. The molecule has 1 rings (SSSR count). The molecule has 0 fully saturated rings. The van der Waals surface area contributed by atoms with Crippen molar-refractivity contribution >= 4 is 12.0 Å². The zero-order valence-electron chi connectivity index (χ0n) is 13.6. The molecule has 0 unspecified atom stereocenters. The van der Waals surface area contributed by atoms with Gasteiger partial charge in [0.05, 0.1) is 19.2 Å². The van der Waals surface area contributed by atoms with Gasteiger partial charge in [0.25, 0.3) is 5.91 Å². The van der Waals surface area contributed by atoms with Crippen molar-refractivity contribution in [3.8, 4) is 17.6 Å². The Kier molecular flexibility index (Phi) is 6.42. The number of nitrogen functional groups attached to an aromatic ring is 1. The second-order valence-electron chi connectivity index (χ2n) is 5.54. The van der Waals surface area contributed by atoms with E-state index < -0.39 is 17.6 Å². The predicted octanol–water partition coefficient (Wildman–Crippen LogP) is 1.17. The Bertz CT molecular complexity index is 639. The molecule has 0 aliphatic rings. The number of rotatable bonds is 3. The highest BCUT2D eigenvalue weighted by atomic mass is 16.6. The van der Waals surface area contributed by atoms with Gasteiger partial charge in [-0.3, -0.25) is 10.2 Å². The second-order valence-corrected chi connectivity index (χ2v) is 5.54. The van der Waals surface area contributed by atoms with E-state index in [9.17, 15) is 9.59 Å². The van der Waals surface area contributed by atoms with Crippen molar-refractivity contribution in [2.75, 3.05) is 13.7 Å². The maximum absolute atomic E-state index is 11.8. The van der Waals surface area contributed by atoms with Crippen LogP contribution >= 0.6 is 0 Å². The number of ether oxygens (including phenoxy) is 2. The summed E-state index contributed by atoms with van der Waals surface area (Å²) in [6.45, 7) is 5.40. The number of hydrogen-bond acceptors (Lipinski definition) is 5. The van der Waals surface area contributed by atoms with Gasteiger partial charge in [-0.2, -0.15) is 0 Å². The number of hydrogen-bond donors (Lipinski definition) is 3. The number of benzene rings is 1. The van der Waals surface area contributed by atoms with Crippen LogP contribution < -0.4 is 21.3 Å². The minimum Gasteiger partial charge on any atom is -0.497 e. The molecule has 7 nitrogen and oxygen atoms in total. The van der Waals surface area contributed by atoms with Crippen LogP contribution in [-0.4, -0.2) is 31.3 Å². The van der Waals surface area contributed by atoms with Crippen LogP contribution in [0.3, 0.4) is 0 Å². The van der Waals surface area contributed by atoms with Gasteiger partial charge in [-0.25, -0.2) is 10.6 Å². The fourth-order valence-electron chi connectivity index (χ4n) is 1.59. The number of nitrogens with one attached hydrogen (secondary N) is 2. The lowest BCUT2D eigenvalue weighted by Gasteiger charge is -2.19. The Balaban J connectivity index is 2.78. The molecule has 0 spiro atoms. The number of amides is 2.